The predicted molar refractivity (Wildman–Crippen MR) is 132 cm³/mol. The number of hydrogen-bond donors (Lipinski definition) is 1. The highest BCUT2D eigenvalue weighted by Gasteiger charge is 2.19. The van der Waals surface area contributed by atoms with Gasteiger partial charge in [0.2, 0.25) is 5.78 Å². The highest BCUT2D eigenvalue weighted by atomic mass is 35.5. The summed E-state index contributed by atoms with van der Waals surface area (Å²) in [6.45, 7) is 7.89. The van der Waals surface area contributed by atoms with Crippen LogP contribution in [0.2, 0.25) is 10.2 Å². The van der Waals surface area contributed by atoms with Gasteiger partial charge in [0.25, 0.3) is 0 Å². The lowest BCUT2D eigenvalue weighted by Gasteiger charge is -2.19. The Morgan fingerprint density at radius 2 is 1.88 bits per heavy atom. The van der Waals surface area contributed by atoms with Crippen molar-refractivity contribution in [3.8, 4) is 0 Å². The summed E-state index contributed by atoms with van der Waals surface area (Å²) < 4.78 is 5.29. The van der Waals surface area contributed by atoms with Gasteiger partial charge >= 0.3 is 6.09 Å². The number of alkyl carbamates (subject to hydrolysis) is 1. The zero-order valence-electron chi connectivity index (χ0n) is 18.9. The minimum Gasteiger partial charge on any atom is -0.444 e. The van der Waals surface area contributed by atoms with Crippen molar-refractivity contribution in [2.75, 3.05) is 6.54 Å². The molecular formula is C24H25Cl2N3O3S. The predicted octanol–water partition coefficient (Wildman–Crippen LogP) is 6.04. The molecule has 33 heavy (non-hydrogen) atoms. The normalized spacial score (nSPS) is 11.3. The first-order chi connectivity index (χ1) is 15.5. The summed E-state index contributed by atoms with van der Waals surface area (Å²) in [6, 6.07) is 7.60. The van der Waals surface area contributed by atoms with Crippen molar-refractivity contribution in [1.29, 1.82) is 0 Å². The number of rotatable bonds is 7. The Labute approximate surface area is 207 Å². The maximum atomic E-state index is 12.9. The fourth-order valence-electron chi connectivity index (χ4n) is 3.23. The largest absolute Gasteiger partial charge is 0.444 e. The van der Waals surface area contributed by atoms with Crippen LogP contribution in [-0.4, -0.2) is 34.0 Å². The first-order valence-electron chi connectivity index (χ1n) is 10.4. The SMILES string of the molecule is Cc1sc(C(=O)c2cncnc2Cl)cc1Cc1cc(Cl)ccc1CCNC(=O)OC(C)(C)C. The van der Waals surface area contributed by atoms with Crippen molar-refractivity contribution in [2.45, 2.75) is 46.1 Å². The molecule has 3 rings (SSSR count). The molecular weight excluding hydrogens is 481 g/mol. The average Bonchev–Trinajstić information content (AvgIpc) is 3.08. The number of aryl methyl sites for hydroxylation is 1. The molecule has 1 aromatic carbocycles. The lowest BCUT2D eigenvalue weighted by Crippen LogP contribution is -2.33. The van der Waals surface area contributed by atoms with Crippen molar-refractivity contribution in [2.24, 2.45) is 0 Å². The minimum absolute atomic E-state index is 0.136. The van der Waals surface area contributed by atoms with Crippen LogP contribution in [-0.2, 0) is 17.6 Å². The van der Waals surface area contributed by atoms with Crippen molar-refractivity contribution in [3.05, 3.63) is 79.0 Å². The third-order valence-corrected chi connectivity index (χ3v) is 6.39. The molecule has 0 aliphatic heterocycles. The fraction of sp³-hybridized carbons (Fsp3) is 0.333. The van der Waals surface area contributed by atoms with Crippen molar-refractivity contribution < 1.29 is 14.3 Å². The second-order valence-corrected chi connectivity index (χ2v) is 10.6. The van der Waals surface area contributed by atoms with E-state index in [1.54, 1.807) is 0 Å². The molecule has 1 N–H and O–H groups in total. The molecule has 0 saturated heterocycles. The number of aromatic nitrogens is 2. The molecule has 0 saturated carbocycles. The summed E-state index contributed by atoms with van der Waals surface area (Å²) in [5, 5.41) is 3.55. The first-order valence-corrected chi connectivity index (χ1v) is 11.9. The van der Waals surface area contributed by atoms with Crippen molar-refractivity contribution in [1.82, 2.24) is 15.3 Å². The number of ether oxygens (including phenoxy) is 1. The Bertz CT molecular complexity index is 1170. The molecule has 0 radical (unpaired) electrons. The van der Waals surface area contributed by atoms with Crippen LogP contribution in [0.15, 0.2) is 36.8 Å². The van der Waals surface area contributed by atoms with Gasteiger partial charge in [0.05, 0.1) is 10.4 Å². The van der Waals surface area contributed by atoms with Gasteiger partial charge in [-0.1, -0.05) is 29.3 Å². The quantitative estimate of drug-likeness (QED) is 0.312. The molecule has 0 unspecified atom stereocenters. The van der Waals surface area contributed by atoms with E-state index in [4.69, 9.17) is 27.9 Å². The van der Waals surface area contributed by atoms with E-state index < -0.39 is 11.7 Å². The minimum atomic E-state index is -0.544. The summed E-state index contributed by atoms with van der Waals surface area (Å²) >= 11 is 13.7. The summed E-state index contributed by atoms with van der Waals surface area (Å²) in [5.41, 5.74) is 2.86. The fourth-order valence-corrected chi connectivity index (χ4v) is 4.60. The highest BCUT2D eigenvalue weighted by molar-refractivity contribution is 7.14. The molecule has 2 aromatic heterocycles. The van der Waals surface area contributed by atoms with Gasteiger partial charge in [-0.2, -0.15) is 0 Å². The number of carbonyl (C=O) groups is 2. The monoisotopic (exact) mass is 505 g/mol. The van der Waals surface area contributed by atoms with E-state index in [0.717, 1.165) is 21.6 Å². The molecule has 2 heterocycles. The number of nitrogens with one attached hydrogen (secondary N) is 1. The summed E-state index contributed by atoms with van der Waals surface area (Å²) in [4.78, 5) is 34.2. The van der Waals surface area contributed by atoms with Crippen molar-refractivity contribution in [3.63, 3.8) is 0 Å². The van der Waals surface area contributed by atoms with E-state index in [2.05, 4.69) is 15.3 Å². The van der Waals surface area contributed by atoms with E-state index in [-0.39, 0.29) is 16.5 Å². The van der Waals surface area contributed by atoms with Gasteiger partial charge in [-0.25, -0.2) is 14.8 Å². The van der Waals surface area contributed by atoms with Crippen LogP contribution in [0.4, 0.5) is 4.79 Å². The van der Waals surface area contributed by atoms with E-state index >= 15 is 0 Å². The summed E-state index contributed by atoms with van der Waals surface area (Å²) in [5.74, 6) is -0.201. The lowest BCUT2D eigenvalue weighted by molar-refractivity contribution is 0.0528. The second-order valence-electron chi connectivity index (χ2n) is 8.52. The number of hydrogen-bond acceptors (Lipinski definition) is 6. The van der Waals surface area contributed by atoms with Crippen LogP contribution in [0.1, 0.15) is 57.6 Å². The average molecular weight is 506 g/mol. The molecule has 0 aliphatic carbocycles. The van der Waals surface area contributed by atoms with E-state index in [1.807, 2.05) is 52.0 Å². The number of nitrogens with zero attached hydrogens (tertiary/aromatic N) is 2. The van der Waals surface area contributed by atoms with E-state index in [0.29, 0.717) is 29.3 Å². The Kier molecular flexibility index (Phi) is 8.10. The molecule has 9 heteroatoms. The third-order valence-electron chi connectivity index (χ3n) is 4.76. The Morgan fingerprint density at radius 1 is 1.12 bits per heavy atom. The second kappa shape index (κ2) is 10.6. The Morgan fingerprint density at radius 3 is 2.58 bits per heavy atom. The van der Waals surface area contributed by atoms with E-state index in [1.165, 1.54) is 23.9 Å². The molecule has 0 bridgehead atoms. The Hall–Kier alpha value is -2.48. The van der Waals surface area contributed by atoms with Crippen LogP contribution in [0.25, 0.3) is 0 Å². The Balaban J connectivity index is 1.74. The molecule has 0 fully saturated rings. The van der Waals surface area contributed by atoms with Gasteiger partial charge in [0, 0.05) is 22.6 Å². The van der Waals surface area contributed by atoms with Crippen LogP contribution >= 0.6 is 34.5 Å². The number of thiophene rings is 1. The highest BCUT2D eigenvalue weighted by Crippen LogP contribution is 2.29. The number of benzene rings is 1. The van der Waals surface area contributed by atoms with Gasteiger partial charge in [0.1, 0.15) is 17.1 Å². The van der Waals surface area contributed by atoms with Crippen molar-refractivity contribution >= 4 is 46.4 Å². The zero-order chi connectivity index (χ0) is 24.2. The maximum absolute atomic E-state index is 12.9. The van der Waals surface area contributed by atoms with Crippen LogP contribution in [0, 0.1) is 6.92 Å². The third kappa shape index (κ3) is 7.00. The van der Waals surface area contributed by atoms with Gasteiger partial charge < -0.3 is 10.1 Å². The van der Waals surface area contributed by atoms with E-state index in [9.17, 15) is 9.59 Å². The standard InChI is InChI=1S/C24H25Cl2N3O3S/c1-14-16(11-20(33-14)21(30)19-12-27-13-29-22(19)26)9-17-10-18(25)6-5-15(17)7-8-28-23(31)32-24(2,3)4/h5-6,10-13H,7-9H2,1-4H3,(H,28,31). The topological polar surface area (TPSA) is 81.2 Å². The first kappa shape index (κ1) is 25.1. The van der Waals surface area contributed by atoms with Gasteiger partial charge in [-0.05, 0) is 75.4 Å². The molecule has 6 nitrogen and oxygen atoms in total. The molecule has 0 aliphatic rings. The summed E-state index contributed by atoms with van der Waals surface area (Å²) in [6.07, 6.45) is 3.52. The zero-order valence-corrected chi connectivity index (χ0v) is 21.2. The number of amides is 1. The smallest absolute Gasteiger partial charge is 0.407 e. The maximum Gasteiger partial charge on any atom is 0.407 e. The summed E-state index contributed by atoms with van der Waals surface area (Å²) in [7, 11) is 0. The number of halogens is 2. The van der Waals surface area contributed by atoms with Crippen LogP contribution in [0.5, 0.6) is 0 Å². The van der Waals surface area contributed by atoms with Crippen LogP contribution < -0.4 is 5.32 Å². The van der Waals surface area contributed by atoms with Gasteiger partial charge in [-0.3, -0.25) is 4.79 Å². The van der Waals surface area contributed by atoms with Crippen LogP contribution in [0.3, 0.4) is 0 Å². The molecule has 0 spiro atoms. The molecule has 1 amide bonds. The molecule has 174 valence electrons. The van der Waals surface area contributed by atoms with Gasteiger partial charge in [0.15, 0.2) is 0 Å². The molecule has 3 aromatic rings. The lowest BCUT2D eigenvalue weighted by atomic mass is 9.97. The number of ketones is 1. The molecule has 0 atom stereocenters. The van der Waals surface area contributed by atoms with Gasteiger partial charge in [-0.15, -0.1) is 11.3 Å². The number of carbonyl (C=O) groups excluding carboxylic acids is 2.